The predicted molar refractivity (Wildman–Crippen MR) is 111 cm³/mol. The van der Waals surface area contributed by atoms with Crippen LogP contribution in [0.2, 0.25) is 5.02 Å². The fourth-order valence-electron chi connectivity index (χ4n) is 2.27. The lowest BCUT2D eigenvalue weighted by molar-refractivity contribution is -0.112. The number of halogens is 1. The number of amides is 1. The van der Waals surface area contributed by atoms with Crippen molar-refractivity contribution in [2.24, 2.45) is 0 Å². The van der Waals surface area contributed by atoms with Crippen LogP contribution < -0.4 is 25.8 Å². The van der Waals surface area contributed by atoms with E-state index < -0.39 is 5.91 Å². The molecule has 0 heterocycles. The highest BCUT2D eigenvalue weighted by Gasteiger charge is 2.12. The summed E-state index contributed by atoms with van der Waals surface area (Å²) in [6.07, 6.45) is 1.31. The number of nitriles is 1. The van der Waals surface area contributed by atoms with Gasteiger partial charge in [-0.25, -0.2) is 0 Å². The van der Waals surface area contributed by atoms with Gasteiger partial charge in [0.2, 0.25) is 0 Å². The summed E-state index contributed by atoms with van der Waals surface area (Å²) in [4.78, 5) is 12.3. The smallest absolute Gasteiger partial charge is 0.267 e. The van der Waals surface area contributed by atoms with E-state index in [4.69, 9.17) is 26.8 Å². The molecule has 0 aliphatic heterocycles. The van der Waals surface area contributed by atoms with E-state index >= 15 is 0 Å². The first-order valence-corrected chi connectivity index (χ1v) is 8.99. The normalized spacial score (nSPS) is 10.7. The molecule has 0 aliphatic rings. The fourth-order valence-corrected chi connectivity index (χ4v) is 2.50. The molecule has 0 aliphatic carbocycles. The van der Waals surface area contributed by atoms with Gasteiger partial charge in [0.25, 0.3) is 5.91 Å². The van der Waals surface area contributed by atoms with Crippen molar-refractivity contribution in [1.82, 2.24) is 0 Å². The zero-order valence-corrected chi connectivity index (χ0v) is 16.3. The molecule has 8 heteroatoms. The Labute approximate surface area is 168 Å². The molecule has 0 radical (unpaired) electrons. The van der Waals surface area contributed by atoms with Crippen LogP contribution in [0, 0.1) is 11.3 Å². The topological polar surface area (TPSA) is 109 Å². The summed E-state index contributed by atoms with van der Waals surface area (Å²) in [6.45, 7) is 4.75. The molecule has 0 saturated carbocycles. The summed E-state index contributed by atoms with van der Waals surface area (Å²) >= 11 is 6.04. The predicted octanol–water partition coefficient (Wildman–Crippen LogP) is 4.18. The van der Waals surface area contributed by atoms with Gasteiger partial charge in [-0.05, 0) is 44.2 Å². The van der Waals surface area contributed by atoms with Crippen LogP contribution in [0.25, 0.3) is 0 Å². The molecular formula is C20H21ClN4O3. The molecule has 2 rings (SSSR count). The van der Waals surface area contributed by atoms with Crippen molar-refractivity contribution >= 4 is 34.6 Å². The second-order valence-electron chi connectivity index (χ2n) is 5.54. The quantitative estimate of drug-likeness (QED) is 0.348. The number of carbonyl (C=O) groups is 1. The van der Waals surface area contributed by atoms with Crippen LogP contribution >= 0.6 is 11.6 Å². The van der Waals surface area contributed by atoms with E-state index in [1.807, 2.05) is 19.9 Å². The minimum atomic E-state index is -0.599. The fraction of sp³-hybridized carbons (Fsp3) is 0.200. The lowest BCUT2D eigenvalue weighted by atomic mass is 10.2. The van der Waals surface area contributed by atoms with Gasteiger partial charge in [-0.2, -0.15) is 5.26 Å². The van der Waals surface area contributed by atoms with E-state index in [2.05, 4.69) is 10.6 Å². The van der Waals surface area contributed by atoms with E-state index in [1.165, 1.54) is 12.3 Å². The third-order valence-electron chi connectivity index (χ3n) is 3.53. The molecule has 2 aromatic rings. The standard InChI is InChI=1S/C20H21ClN4O3/c1-3-27-18-8-6-15(10-19(18)28-4-2)24-12-13(11-22)20(26)25-17-7-5-14(23)9-16(17)21/h5-10,12,24H,3-4,23H2,1-2H3,(H,25,26)/b13-12-. The van der Waals surface area contributed by atoms with Crippen molar-refractivity contribution in [1.29, 1.82) is 5.26 Å². The summed E-state index contributed by atoms with van der Waals surface area (Å²) < 4.78 is 11.1. The highest BCUT2D eigenvalue weighted by Crippen LogP contribution is 2.30. The van der Waals surface area contributed by atoms with Crippen molar-refractivity contribution in [3.05, 3.63) is 53.2 Å². The van der Waals surface area contributed by atoms with Crippen LogP contribution in [0.15, 0.2) is 48.2 Å². The summed E-state index contributed by atoms with van der Waals surface area (Å²) in [7, 11) is 0. The van der Waals surface area contributed by atoms with Gasteiger partial charge in [0.05, 0.1) is 23.9 Å². The lowest BCUT2D eigenvalue weighted by Crippen LogP contribution is -2.15. The van der Waals surface area contributed by atoms with Crippen molar-refractivity contribution in [3.8, 4) is 17.6 Å². The molecule has 0 fully saturated rings. The first-order valence-electron chi connectivity index (χ1n) is 8.61. The Balaban J connectivity index is 2.15. The Hall–Kier alpha value is -3.37. The van der Waals surface area contributed by atoms with Crippen LogP contribution in [0.1, 0.15) is 13.8 Å². The second kappa shape index (κ2) is 10.1. The number of rotatable bonds is 8. The third kappa shape index (κ3) is 5.56. The van der Waals surface area contributed by atoms with Crippen molar-refractivity contribution < 1.29 is 14.3 Å². The molecule has 146 valence electrons. The summed E-state index contributed by atoms with van der Waals surface area (Å²) in [5.41, 5.74) is 6.98. The number of hydrogen-bond donors (Lipinski definition) is 3. The van der Waals surface area contributed by atoms with Crippen LogP contribution in [0.5, 0.6) is 11.5 Å². The molecule has 28 heavy (non-hydrogen) atoms. The highest BCUT2D eigenvalue weighted by atomic mass is 35.5. The van der Waals surface area contributed by atoms with E-state index in [0.717, 1.165) is 0 Å². The average Bonchev–Trinajstić information content (AvgIpc) is 2.67. The van der Waals surface area contributed by atoms with Crippen LogP contribution in [-0.4, -0.2) is 19.1 Å². The van der Waals surface area contributed by atoms with Gasteiger partial charge in [-0.15, -0.1) is 0 Å². The van der Waals surface area contributed by atoms with Gasteiger partial charge in [-0.3, -0.25) is 4.79 Å². The first-order chi connectivity index (χ1) is 13.5. The first kappa shape index (κ1) is 20.9. The van der Waals surface area contributed by atoms with Gasteiger partial charge >= 0.3 is 0 Å². The van der Waals surface area contributed by atoms with Crippen LogP contribution in [0.3, 0.4) is 0 Å². The Morgan fingerprint density at radius 2 is 1.89 bits per heavy atom. The minimum absolute atomic E-state index is 0.125. The molecule has 1 amide bonds. The Bertz CT molecular complexity index is 922. The Morgan fingerprint density at radius 3 is 2.54 bits per heavy atom. The molecule has 7 nitrogen and oxygen atoms in total. The molecule has 0 unspecified atom stereocenters. The number of benzene rings is 2. The number of nitrogen functional groups attached to an aromatic ring is 1. The maximum atomic E-state index is 12.3. The van der Waals surface area contributed by atoms with Gasteiger partial charge in [0, 0.05) is 23.6 Å². The molecule has 0 spiro atoms. The van der Waals surface area contributed by atoms with Gasteiger partial charge in [0.1, 0.15) is 11.6 Å². The Morgan fingerprint density at radius 1 is 1.18 bits per heavy atom. The number of nitrogens with two attached hydrogens (primary N) is 1. The number of nitrogens with zero attached hydrogens (tertiary/aromatic N) is 1. The number of carbonyl (C=O) groups excluding carboxylic acids is 1. The van der Waals surface area contributed by atoms with Crippen molar-refractivity contribution in [2.75, 3.05) is 29.6 Å². The maximum absolute atomic E-state index is 12.3. The maximum Gasteiger partial charge on any atom is 0.267 e. The molecule has 0 bridgehead atoms. The average molecular weight is 401 g/mol. The lowest BCUT2D eigenvalue weighted by Gasteiger charge is -2.12. The molecule has 0 aromatic heterocycles. The monoisotopic (exact) mass is 400 g/mol. The van der Waals surface area contributed by atoms with Gasteiger partial charge in [-0.1, -0.05) is 11.6 Å². The molecule has 2 aromatic carbocycles. The Kier molecular flexibility index (Phi) is 7.55. The number of nitrogens with one attached hydrogen (secondary N) is 2. The highest BCUT2D eigenvalue weighted by molar-refractivity contribution is 6.34. The van der Waals surface area contributed by atoms with Gasteiger partial charge in [0.15, 0.2) is 11.5 Å². The zero-order chi connectivity index (χ0) is 20.5. The van der Waals surface area contributed by atoms with Crippen LogP contribution in [-0.2, 0) is 4.79 Å². The summed E-state index contributed by atoms with van der Waals surface area (Å²) in [6, 6.07) is 11.8. The largest absolute Gasteiger partial charge is 0.490 e. The molecular weight excluding hydrogens is 380 g/mol. The number of anilines is 3. The molecule has 4 N–H and O–H groups in total. The van der Waals surface area contributed by atoms with E-state index in [-0.39, 0.29) is 10.6 Å². The second-order valence-corrected chi connectivity index (χ2v) is 5.94. The van der Waals surface area contributed by atoms with Gasteiger partial charge < -0.3 is 25.8 Å². The number of ether oxygens (including phenoxy) is 2. The van der Waals surface area contributed by atoms with E-state index in [9.17, 15) is 10.1 Å². The minimum Gasteiger partial charge on any atom is -0.490 e. The third-order valence-corrected chi connectivity index (χ3v) is 3.85. The van der Waals surface area contributed by atoms with Crippen molar-refractivity contribution in [3.63, 3.8) is 0 Å². The van der Waals surface area contributed by atoms with E-state index in [1.54, 1.807) is 30.3 Å². The van der Waals surface area contributed by atoms with Crippen molar-refractivity contribution in [2.45, 2.75) is 13.8 Å². The zero-order valence-electron chi connectivity index (χ0n) is 15.6. The summed E-state index contributed by atoms with van der Waals surface area (Å²) in [5, 5.41) is 15.1. The van der Waals surface area contributed by atoms with E-state index in [0.29, 0.717) is 41.8 Å². The van der Waals surface area contributed by atoms with Crippen LogP contribution in [0.4, 0.5) is 17.1 Å². The number of hydrogen-bond acceptors (Lipinski definition) is 6. The molecule has 0 saturated heterocycles. The molecule has 0 atom stereocenters. The SMILES string of the molecule is CCOc1ccc(N/C=C(/C#N)C(=O)Nc2ccc(N)cc2Cl)cc1OCC. The summed E-state index contributed by atoms with van der Waals surface area (Å²) in [5.74, 6) is 0.590.